The number of aromatic nitrogens is 2. The Morgan fingerprint density at radius 3 is 2.69 bits per heavy atom. The lowest BCUT2D eigenvalue weighted by Crippen LogP contribution is -2.38. The summed E-state index contributed by atoms with van der Waals surface area (Å²) in [5.74, 6) is 0. The van der Waals surface area contributed by atoms with E-state index in [2.05, 4.69) is 63.3 Å². The van der Waals surface area contributed by atoms with Crippen LogP contribution in [0.5, 0.6) is 0 Å². The molecule has 1 unspecified atom stereocenters. The number of aromatic amines is 1. The molecule has 1 atom stereocenters. The first kappa shape index (κ1) is 15.9. The van der Waals surface area contributed by atoms with Crippen molar-refractivity contribution in [2.45, 2.75) is 56.7 Å². The molecule has 0 amide bonds. The van der Waals surface area contributed by atoms with Crippen LogP contribution in [-0.4, -0.2) is 22.3 Å². The SMILES string of the molecule is c1ccc2c(c1)CCC2NC1CCC(Nc2ccc3[nH]ncc3c2)CC1. The second-order valence-corrected chi connectivity index (χ2v) is 7.82. The number of rotatable bonds is 4. The van der Waals surface area contributed by atoms with Crippen LogP contribution >= 0.6 is 0 Å². The van der Waals surface area contributed by atoms with Crippen LogP contribution < -0.4 is 10.6 Å². The van der Waals surface area contributed by atoms with Gasteiger partial charge in [0.1, 0.15) is 0 Å². The minimum Gasteiger partial charge on any atom is -0.382 e. The number of nitrogens with zero attached hydrogens (tertiary/aromatic N) is 1. The van der Waals surface area contributed by atoms with Gasteiger partial charge in [-0.25, -0.2) is 0 Å². The van der Waals surface area contributed by atoms with E-state index >= 15 is 0 Å². The van der Waals surface area contributed by atoms with Crippen molar-refractivity contribution in [2.75, 3.05) is 5.32 Å². The van der Waals surface area contributed by atoms with Gasteiger partial charge in [0.05, 0.1) is 11.7 Å². The Balaban J connectivity index is 1.16. The van der Waals surface area contributed by atoms with Crippen molar-refractivity contribution >= 4 is 16.6 Å². The van der Waals surface area contributed by atoms with Crippen molar-refractivity contribution in [2.24, 2.45) is 0 Å². The summed E-state index contributed by atoms with van der Waals surface area (Å²) in [5.41, 5.74) is 5.37. The van der Waals surface area contributed by atoms with Crippen molar-refractivity contribution in [1.82, 2.24) is 15.5 Å². The van der Waals surface area contributed by atoms with Gasteiger partial charge >= 0.3 is 0 Å². The molecule has 1 heterocycles. The smallest absolute Gasteiger partial charge is 0.0651 e. The van der Waals surface area contributed by atoms with Gasteiger partial charge in [0.2, 0.25) is 0 Å². The molecular weight excluding hydrogens is 320 g/mol. The van der Waals surface area contributed by atoms with Crippen LogP contribution in [0.2, 0.25) is 0 Å². The molecule has 3 N–H and O–H groups in total. The normalized spacial score (nSPS) is 25.3. The number of H-pyrrole nitrogens is 1. The predicted octanol–water partition coefficient (Wildman–Crippen LogP) is 4.56. The molecule has 0 radical (unpaired) electrons. The molecule has 5 rings (SSSR count). The standard InChI is InChI=1S/C22H26N4/c1-2-4-20-15(3-1)5-11-22(20)25-18-8-6-17(7-9-18)24-19-10-12-21-16(13-19)14-23-26-21/h1-4,10,12-14,17-18,22,24-25H,5-9,11H2,(H,23,26). The Kier molecular flexibility index (Phi) is 4.13. The molecule has 1 fully saturated rings. The van der Waals surface area contributed by atoms with E-state index in [4.69, 9.17) is 0 Å². The van der Waals surface area contributed by atoms with E-state index in [0.717, 1.165) is 5.52 Å². The van der Waals surface area contributed by atoms with E-state index < -0.39 is 0 Å². The van der Waals surface area contributed by atoms with Crippen LogP contribution in [-0.2, 0) is 6.42 Å². The van der Waals surface area contributed by atoms with E-state index in [-0.39, 0.29) is 0 Å². The topological polar surface area (TPSA) is 52.7 Å². The molecule has 134 valence electrons. The van der Waals surface area contributed by atoms with Gasteiger partial charge in [-0.1, -0.05) is 24.3 Å². The summed E-state index contributed by atoms with van der Waals surface area (Å²) in [4.78, 5) is 0. The molecule has 4 nitrogen and oxygen atoms in total. The van der Waals surface area contributed by atoms with Gasteiger partial charge in [0.15, 0.2) is 0 Å². The van der Waals surface area contributed by atoms with Crippen LogP contribution in [0.4, 0.5) is 5.69 Å². The highest BCUT2D eigenvalue weighted by Gasteiger charge is 2.27. The van der Waals surface area contributed by atoms with Crippen LogP contribution in [0.25, 0.3) is 10.9 Å². The lowest BCUT2D eigenvalue weighted by Gasteiger charge is -2.32. The van der Waals surface area contributed by atoms with E-state index in [0.29, 0.717) is 18.1 Å². The molecule has 2 aliphatic carbocycles. The molecule has 2 aliphatic rings. The third-order valence-corrected chi connectivity index (χ3v) is 6.11. The van der Waals surface area contributed by atoms with Gasteiger partial charge < -0.3 is 10.6 Å². The quantitative estimate of drug-likeness (QED) is 0.649. The monoisotopic (exact) mass is 346 g/mol. The fourth-order valence-corrected chi connectivity index (χ4v) is 4.69. The molecule has 1 saturated carbocycles. The maximum absolute atomic E-state index is 4.10. The number of hydrogen-bond acceptors (Lipinski definition) is 3. The third kappa shape index (κ3) is 3.10. The van der Waals surface area contributed by atoms with Gasteiger partial charge in [-0.05, 0) is 67.9 Å². The first-order valence-electron chi connectivity index (χ1n) is 9.89. The number of nitrogens with one attached hydrogen (secondary N) is 3. The van der Waals surface area contributed by atoms with Gasteiger partial charge in [-0.15, -0.1) is 0 Å². The summed E-state index contributed by atoms with van der Waals surface area (Å²) in [6.45, 7) is 0. The lowest BCUT2D eigenvalue weighted by atomic mass is 9.90. The zero-order valence-corrected chi connectivity index (χ0v) is 15.0. The highest BCUT2D eigenvalue weighted by atomic mass is 15.1. The van der Waals surface area contributed by atoms with E-state index in [1.165, 1.54) is 60.7 Å². The molecule has 0 spiro atoms. The minimum absolute atomic E-state index is 0.559. The first-order valence-corrected chi connectivity index (χ1v) is 9.89. The second kappa shape index (κ2) is 6.76. The number of hydrogen-bond donors (Lipinski definition) is 3. The molecule has 0 saturated heterocycles. The molecular formula is C22H26N4. The van der Waals surface area contributed by atoms with Crippen LogP contribution in [0.3, 0.4) is 0 Å². The number of anilines is 1. The molecule has 0 bridgehead atoms. The fraction of sp³-hybridized carbons (Fsp3) is 0.409. The maximum Gasteiger partial charge on any atom is 0.0651 e. The highest BCUT2D eigenvalue weighted by molar-refractivity contribution is 5.81. The minimum atomic E-state index is 0.559. The fourth-order valence-electron chi connectivity index (χ4n) is 4.69. The highest BCUT2D eigenvalue weighted by Crippen LogP contribution is 2.33. The average Bonchev–Trinajstić information content (AvgIpc) is 3.30. The zero-order valence-electron chi connectivity index (χ0n) is 15.0. The van der Waals surface area contributed by atoms with E-state index in [9.17, 15) is 0 Å². The van der Waals surface area contributed by atoms with Crippen LogP contribution in [0, 0.1) is 0 Å². The first-order chi connectivity index (χ1) is 12.8. The summed E-state index contributed by atoms with van der Waals surface area (Å²) in [6, 6.07) is 17.2. The van der Waals surface area contributed by atoms with Crippen LogP contribution in [0.15, 0.2) is 48.7 Å². The molecule has 26 heavy (non-hydrogen) atoms. The average molecular weight is 346 g/mol. The maximum atomic E-state index is 4.10. The predicted molar refractivity (Wildman–Crippen MR) is 106 cm³/mol. The number of benzene rings is 2. The van der Waals surface area contributed by atoms with Crippen molar-refractivity contribution in [1.29, 1.82) is 0 Å². The molecule has 0 aliphatic heterocycles. The Bertz CT molecular complexity index is 892. The van der Waals surface area contributed by atoms with Gasteiger partial charge in [0.25, 0.3) is 0 Å². The van der Waals surface area contributed by atoms with Crippen molar-refractivity contribution < 1.29 is 0 Å². The third-order valence-electron chi connectivity index (χ3n) is 6.11. The van der Waals surface area contributed by atoms with Crippen LogP contribution in [0.1, 0.15) is 49.3 Å². The second-order valence-electron chi connectivity index (χ2n) is 7.82. The lowest BCUT2D eigenvalue weighted by molar-refractivity contribution is 0.323. The van der Waals surface area contributed by atoms with Gasteiger partial charge in [0, 0.05) is 29.2 Å². The van der Waals surface area contributed by atoms with Gasteiger partial charge in [-0.3, -0.25) is 5.10 Å². The Morgan fingerprint density at radius 2 is 1.77 bits per heavy atom. The summed E-state index contributed by atoms with van der Waals surface area (Å²) >= 11 is 0. The van der Waals surface area contributed by atoms with E-state index in [1.807, 2.05) is 6.20 Å². The van der Waals surface area contributed by atoms with Crippen molar-refractivity contribution in [3.63, 3.8) is 0 Å². The zero-order chi connectivity index (χ0) is 17.3. The summed E-state index contributed by atoms with van der Waals surface area (Å²) in [6.07, 6.45) is 9.34. The van der Waals surface area contributed by atoms with E-state index in [1.54, 1.807) is 0 Å². The van der Waals surface area contributed by atoms with Crippen molar-refractivity contribution in [3.8, 4) is 0 Å². The Morgan fingerprint density at radius 1 is 0.923 bits per heavy atom. The number of aryl methyl sites for hydroxylation is 1. The largest absolute Gasteiger partial charge is 0.382 e. The Labute approximate surface area is 154 Å². The summed E-state index contributed by atoms with van der Waals surface area (Å²) in [5, 5.41) is 15.9. The molecule has 2 aromatic carbocycles. The summed E-state index contributed by atoms with van der Waals surface area (Å²) in [7, 11) is 0. The molecule has 1 aromatic heterocycles. The van der Waals surface area contributed by atoms with Crippen molar-refractivity contribution in [3.05, 3.63) is 59.8 Å². The molecule has 3 aromatic rings. The van der Waals surface area contributed by atoms with Gasteiger partial charge in [-0.2, -0.15) is 5.10 Å². The number of fused-ring (bicyclic) bond motifs is 2. The molecule has 4 heteroatoms. The summed E-state index contributed by atoms with van der Waals surface area (Å²) < 4.78 is 0. The Hall–Kier alpha value is -2.33.